The molecule has 40 heavy (non-hydrogen) atoms. The molecule has 0 N–H and O–H groups in total. The molecule has 5 nitrogen and oxygen atoms in total. The van der Waals surface area contributed by atoms with E-state index >= 15 is 0 Å². The van der Waals surface area contributed by atoms with Gasteiger partial charge in [-0.3, -0.25) is 0 Å². The van der Waals surface area contributed by atoms with Crippen molar-refractivity contribution in [2.75, 3.05) is 6.61 Å². The summed E-state index contributed by atoms with van der Waals surface area (Å²) in [5, 5.41) is 0. The average molecular weight is 559 g/mol. The number of hydrogen-bond donors (Lipinski definition) is 0. The second kappa shape index (κ2) is 15.0. The van der Waals surface area contributed by atoms with Crippen molar-refractivity contribution in [1.82, 2.24) is 0 Å². The molecule has 1 unspecified atom stereocenters. The molecular formula is C35H58O5. The van der Waals surface area contributed by atoms with Gasteiger partial charge in [-0.2, -0.15) is 0 Å². The quantitative estimate of drug-likeness (QED) is 0.168. The van der Waals surface area contributed by atoms with Gasteiger partial charge in [0.15, 0.2) is 0 Å². The molecule has 0 radical (unpaired) electrons. The molecular weight excluding hydrogens is 500 g/mol. The van der Waals surface area contributed by atoms with Crippen LogP contribution < -0.4 is 9.47 Å². The number of benzene rings is 1. The maximum absolute atomic E-state index is 12.8. The first-order chi connectivity index (χ1) is 18.9. The maximum atomic E-state index is 12.8. The fourth-order valence-corrected chi connectivity index (χ4v) is 6.34. The highest BCUT2D eigenvalue weighted by Gasteiger charge is 2.36. The van der Waals surface area contributed by atoms with Crippen molar-refractivity contribution < 1.29 is 23.7 Å². The first-order valence-electron chi connectivity index (χ1n) is 16.2. The molecule has 0 aliphatic carbocycles. The summed E-state index contributed by atoms with van der Waals surface area (Å²) < 4.78 is 23.8. The average Bonchev–Trinajstić information content (AvgIpc) is 2.89. The van der Waals surface area contributed by atoms with Gasteiger partial charge >= 0.3 is 5.97 Å². The summed E-state index contributed by atoms with van der Waals surface area (Å²) in [5.74, 6) is 3.59. The van der Waals surface area contributed by atoms with Crippen LogP contribution in [0.4, 0.5) is 0 Å². The van der Waals surface area contributed by atoms with Gasteiger partial charge in [0.25, 0.3) is 6.29 Å². The summed E-state index contributed by atoms with van der Waals surface area (Å²) in [6.45, 7) is 20.4. The minimum atomic E-state index is -0.959. The van der Waals surface area contributed by atoms with Gasteiger partial charge in [0.2, 0.25) is 0 Å². The van der Waals surface area contributed by atoms with Crippen LogP contribution in [0.5, 0.6) is 11.5 Å². The molecule has 228 valence electrons. The summed E-state index contributed by atoms with van der Waals surface area (Å²) in [4.78, 5) is 12.8. The molecule has 0 bridgehead atoms. The van der Waals surface area contributed by atoms with Crippen LogP contribution in [-0.4, -0.2) is 30.6 Å². The Morgan fingerprint density at radius 1 is 0.925 bits per heavy atom. The van der Waals surface area contributed by atoms with Crippen molar-refractivity contribution in [3.63, 3.8) is 0 Å². The van der Waals surface area contributed by atoms with Crippen molar-refractivity contribution in [3.05, 3.63) is 22.3 Å². The number of hydrogen-bond acceptors (Lipinski definition) is 5. The van der Waals surface area contributed by atoms with Gasteiger partial charge in [-0.05, 0) is 101 Å². The van der Waals surface area contributed by atoms with E-state index in [9.17, 15) is 4.79 Å². The fourth-order valence-electron chi connectivity index (χ4n) is 6.34. The topological polar surface area (TPSA) is 54.0 Å². The predicted molar refractivity (Wildman–Crippen MR) is 163 cm³/mol. The molecule has 0 spiro atoms. The third-order valence-electron chi connectivity index (χ3n) is 9.38. The van der Waals surface area contributed by atoms with E-state index in [2.05, 4.69) is 41.5 Å². The lowest BCUT2D eigenvalue weighted by atomic mass is 9.83. The Bertz CT molecular complexity index is 969. The third-order valence-corrected chi connectivity index (χ3v) is 9.38. The first-order valence-corrected chi connectivity index (χ1v) is 16.2. The van der Waals surface area contributed by atoms with Gasteiger partial charge in [-0.1, -0.05) is 72.6 Å². The third kappa shape index (κ3) is 9.21. The second-order valence-corrected chi connectivity index (χ2v) is 13.8. The van der Waals surface area contributed by atoms with E-state index < -0.39 is 12.3 Å². The number of rotatable bonds is 14. The number of esters is 1. The Hall–Kier alpha value is -1.59. The maximum Gasteiger partial charge on any atom is 0.368 e. The van der Waals surface area contributed by atoms with E-state index in [4.69, 9.17) is 18.9 Å². The second-order valence-electron chi connectivity index (χ2n) is 13.8. The summed E-state index contributed by atoms with van der Waals surface area (Å²) >= 11 is 0. The normalized spacial score (nSPS) is 24.4. The molecule has 1 saturated heterocycles. The Balaban J connectivity index is 1.50. The molecule has 2 aliphatic rings. The molecule has 1 aromatic rings. The largest absolute Gasteiger partial charge is 0.487 e. The van der Waals surface area contributed by atoms with Gasteiger partial charge in [-0.25, -0.2) is 4.79 Å². The Morgan fingerprint density at radius 2 is 1.55 bits per heavy atom. The molecule has 1 aromatic carbocycles. The number of carbonyl (C=O) groups excluding carboxylic acids is 1. The van der Waals surface area contributed by atoms with E-state index in [0.29, 0.717) is 12.4 Å². The molecule has 1 fully saturated rings. The summed E-state index contributed by atoms with van der Waals surface area (Å²) in [6.07, 6.45) is 13.5. The van der Waals surface area contributed by atoms with E-state index in [1.807, 2.05) is 20.8 Å². The van der Waals surface area contributed by atoms with Gasteiger partial charge in [0, 0.05) is 5.56 Å². The van der Waals surface area contributed by atoms with Crippen molar-refractivity contribution >= 4 is 5.97 Å². The fraction of sp³-hybridized carbons (Fsp3) is 0.800. The zero-order valence-electron chi connectivity index (χ0n) is 27.1. The Morgan fingerprint density at radius 3 is 2.17 bits per heavy atom. The highest BCUT2D eigenvalue weighted by Crippen LogP contribution is 2.45. The van der Waals surface area contributed by atoms with Crippen LogP contribution in [0.25, 0.3) is 0 Å². The van der Waals surface area contributed by atoms with Gasteiger partial charge < -0.3 is 18.9 Å². The Kier molecular flexibility index (Phi) is 12.4. The smallest absolute Gasteiger partial charge is 0.368 e. The Labute approximate surface area is 245 Å². The standard InChI is InChI=1S/C35H58O5/c1-23(2)13-10-14-24(3)15-11-16-25(4)17-12-20-35(9)21-18-30-29(8)31(27(6)28(7)32(30)40-35)39-33(36)34-37-22-19-26(5)38-34/h23-26,34H,10-22H2,1-9H3/t24-,25-,26-,34?,35-/m1/s1. The molecule has 2 aliphatic heterocycles. The summed E-state index contributed by atoms with van der Waals surface area (Å²) in [7, 11) is 0. The van der Waals surface area contributed by atoms with Crippen LogP contribution in [-0.2, 0) is 20.7 Å². The lowest BCUT2D eigenvalue weighted by Gasteiger charge is -2.38. The lowest BCUT2D eigenvalue weighted by Crippen LogP contribution is -2.39. The van der Waals surface area contributed by atoms with E-state index in [1.165, 1.54) is 51.4 Å². The molecule has 5 heteroatoms. The SMILES string of the molecule is Cc1c(C)c2c(c(C)c1OC(=O)C1OCC[C@@H](C)O1)CC[C@@](C)(CCC[C@H](C)CCC[C@H](C)CCCC(C)C)O2. The zero-order chi connectivity index (χ0) is 29.4. The van der Waals surface area contributed by atoms with Crippen molar-refractivity contribution in [2.24, 2.45) is 17.8 Å². The lowest BCUT2D eigenvalue weighted by molar-refractivity contribution is -0.219. The predicted octanol–water partition coefficient (Wildman–Crippen LogP) is 9.19. The molecule has 2 heterocycles. The summed E-state index contributed by atoms with van der Waals surface area (Å²) in [6, 6.07) is 0. The number of ether oxygens (including phenoxy) is 4. The number of fused-ring (bicyclic) bond motifs is 1. The van der Waals surface area contributed by atoms with Crippen molar-refractivity contribution in [1.29, 1.82) is 0 Å². The molecule has 5 atom stereocenters. The van der Waals surface area contributed by atoms with Gasteiger partial charge in [-0.15, -0.1) is 0 Å². The molecule has 3 rings (SSSR count). The first kappa shape index (κ1) is 32.9. The molecule has 0 aromatic heterocycles. The van der Waals surface area contributed by atoms with Gasteiger partial charge in [0.1, 0.15) is 17.1 Å². The van der Waals surface area contributed by atoms with E-state index in [-0.39, 0.29) is 11.7 Å². The molecule has 0 amide bonds. The van der Waals surface area contributed by atoms with Gasteiger partial charge in [0.05, 0.1) is 12.7 Å². The highest BCUT2D eigenvalue weighted by atomic mass is 16.7. The van der Waals surface area contributed by atoms with Crippen molar-refractivity contribution in [3.8, 4) is 11.5 Å². The highest BCUT2D eigenvalue weighted by molar-refractivity contribution is 5.77. The summed E-state index contributed by atoms with van der Waals surface area (Å²) in [5.41, 5.74) is 4.01. The van der Waals surface area contributed by atoms with Crippen LogP contribution in [0.15, 0.2) is 0 Å². The van der Waals surface area contributed by atoms with E-state index in [0.717, 1.165) is 71.4 Å². The minimum absolute atomic E-state index is 0.0130. The zero-order valence-corrected chi connectivity index (χ0v) is 27.1. The monoisotopic (exact) mass is 558 g/mol. The van der Waals surface area contributed by atoms with E-state index in [1.54, 1.807) is 0 Å². The van der Waals surface area contributed by atoms with Crippen molar-refractivity contribution in [2.45, 2.75) is 157 Å². The van der Waals surface area contributed by atoms with Crippen LogP contribution in [0, 0.1) is 38.5 Å². The van der Waals surface area contributed by atoms with Crippen LogP contribution in [0.1, 0.15) is 134 Å². The number of carbonyl (C=O) groups is 1. The van der Waals surface area contributed by atoms with Crippen LogP contribution >= 0.6 is 0 Å². The van der Waals surface area contributed by atoms with Crippen LogP contribution in [0.2, 0.25) is 0 Å². The van der Waals surface area contributed by atoms with Crippen LogP contribution in [0.3, 0.4) is 0 Å². The molecule has 0 saturated carbocycles. The minimum Gasteiger partial charge on any atom is -0.487 e.